The van der Waals surface area contributed by atoms with Crippen molar-refractivity contribution in [3.63, 3.8) is 0 Å². The summed E-state index contributed by atoms with van der Waals surface area (Å²) in [4.78, 5) is 8.37. The van der Waals surface area contributed by atoms with E-state index in [4.69, 9.17) is 5.73 Å². The van der Waals surface area contributed by atoms with Crippen LogP contribution in [0.2, 0.25) is 0 Å². The Morgan fingerprint density at radius 1 is 1.57 bits per heavy atom. The van der Waals surface area contributed by atoms with E-state index >= 15 is 0 Å². The Morgan fingerprint density at radius 2 is 2.29 bits per heavy atom. The molecule has 1 aromatic heterocycles. The van der Waals surface area contributed by atoms with Crippen molar-refractivity contribution >= 4 is 5.84 Å². The highest BCUT2D eigenvalue weighted by Gasteiger charge is 2.00. The van der Waals surface area contributed by atoms with Gasteiger partial charge in [0.1, 0.15) is 0 Å². The maximum absolute atomic E-state index is 5.74. The standard InChI is InChI=1S/C11H17N3/c1-8(2)11(12)14-7-10-6-13-5-4-9(10)3/h4-6,8H,7H2,1-3H3,(H2,12,14). The molecule has 0 aromatic carbocycles. The van der Waals surface area contributed by atoms with Crippen LogP contribution in [0, 0.1) is 12.8 Å². The van der Waals surface area contributed by atoms with Gasteiger partial charge in [0.2, 0.25) is 0 Å². The van der Waals surface area contributed by atoms with Crippen LogP contribution in [0.15, 0.2) is 23.5 Å². The molecular formula is C11H17N3. The lowest BCUT2D eigenvalue weighted by atomic mass is 10.1. The van der Waals surface area contributed by atoms with E-state index in [-0.39, 0.29) is 0 Å². The van der Waals surface area contributed by atoms with Crippen molar-refractivity contribution in [2.45, 2.75) is 27.3 Å². The number of aromatic nitrogens is 1. The van der Waals surface area contributed by atoms with Crippen LogP contribution in [0.3, 0.4) is 0 Å². The van der Waals surface area contributed by atoms with Gasteiger partial charge in [-0.05, 0) is 24.1 Å². The average Bonchev–Trinajstić information content (AvgIpc) is 2.16. The summed E-state index contributed by atoms with van der Waals surface area (Å²) in [6.07, 6.45) is 3.63. The maximum atomic E-state index is 5.74. The molecule has 0 radical (unpaired) electrons. The molecule has 0 aliphatic rings. The summed E-state index contributed by atoms with van der Waals surface area (Å²) < 4.78 is 0. The molecule has 0 spiro atoms. The number of amidine groups is 1. The minimum atomic E-state index is 0.312. The zero-order chi connectivity index (χ0) is 10.6. The van der Waals surface area contributed by atoms with Gasteiger partial charge in [-0.25, -0.2) is 0 Å². The number of hydrogen-bond acceptors (Lipinski definition) is 2. The third-order valence-corrected chi connectivity index (χ3v) is 2.17. The zero-order valence-corrected chi connectivity index (χ0v) is 8.99. The van der Waals surface area contributed by atoms with Crippen LogP contribution in [0.1, 0.15) is 25.0 Å². The molecule has 2 N–H and O–H groups in total. The molecule has 76 valence electrons. The highest BCUT2D eigenvalue weighted by molar-refractivity contribution is 5.82. The van der Waals surface area contributed by atoms with Gasteiger partial charge in [-0.3, -0.25) is 9.98 Å². The van der Waals surface area contributed by atoms with Crippen molar-refractivity contribution in [2.24, 2.45) is 16.6 Å². The fourth-order valence-electron chi connectivity index (χ4n) is 1.02. The van der Waals surface area contributed by atoms with Crippen LogP contribution in [-0.2, 0) is 6.54 Å². The first-order valence-corrected chi connectivity index (χ1v) is 4.80. The summed E-state index contributed by atoms with van der Waals surface area (Å²) in [6, 6.07) is 1.98. The number of pyridine rings is 1. The number of nitrogens with two attached hydrogens (primary N) is 1. The van der Waals surface area contributed by atoms with E-state index < -0.39 is 0 Å². The summed E-state index contributed by atoms with van der Waals surface area (Å²) in [5, 5.41) is 0. The summed E-state index contributed by atoms with van der Waals surface area (Å²) in [5.74, 6) is 1.01. The second kappa shape index (κ2) is 4.74. The monoisotopic (exact) mass is 191 g/mol. The van der Waals surface area contributed by atoms with E-state index in [9.17, 15) is 0 Å². The van der Waals surface area contributed by atoms with Crippen molar-refractivity contribution in [3.05, 3.63) is 29.6 Å². The molecule has 0 unspecified atom stereocenters. The second-order valence-corrected chi connectivity index (χ2v) is 3.70. The number of rotatable bonds is 3. The summed E-state index contributed by atoms with van der Waals surface area (Å²) in [6.45, 7) is 6.76. The van der Waals surface area contributed by atoms with Crippen molar-refractivity contribution < 1.29 is 0 Å². The van der Waals surface area contributed by atoms with Gasteiger partial charge in [0.05, 0.1) is 12.4 Å². The van der Waals surface area contributed by atoms with Crippen molar-refractivity contribution in [3.8, 4) is 0 Å². The molecule has 14 heavy (non-hydrogen) atoms. The molecule has 0 aliphatic heterocycles. The smallest absolute Gasteiger partial charge is 0.0966 e. The Balaban J connectivity index is 2.71. The normalized spacial score (nSPS) is 12.1. The average molecular weight is 191 g/mol. The Kier molecular flexibility index (Phi) is 3.63. The van der Waals surface area contributed by atoms with Gasteiger partial charge in [-0.1, -0.05) is 13.8 Å². The fraction of sp³-hybridized carbons (Fsp3) is 0.455. The molecule has 0 aliphatic carbocycles. The third kappa shape index (κ3) is 2.83. The quantitative estimate of drug-likeness (QED) is 0.586. The molecule has 0 bridgehead atoms. The van der Waals surface area contributed by atoms with Crippen molar-refractivity contribution in [1.82, 2.24) is 4.98 Å². The number of aliphatic imine (C=N–C) groups is 1. The summed E-state index contributed by atoms with van der Waals surface area (Å²) >= 11 is 0. The number of hydrogen-bond donors (Lipinski definition) is 1. The molecule has 3 nitrogen and oxygen atoms in total. The van der Waals surface area contributed by atoms with Gasteiger partial charge in [-0.15, -0.1) is 0 Å². The van der Waals surface area contributed by atoms with Crippen LogP contribution >= 0.6 is 0 Å². The molecular weight excluding hydrogens is 174 g/mol. The molecule has 0 saturated heterocycles. The minimum absolute atomic E-state index is 0.312. The van der Waals surface area contributed by atoms with Crippen LogP contribution in [0.5, 0.6) is 0 Å². The zero-order valence-electron chi connectivity index (χ0n) is 8.99. The molecule has 1 heterocycles. The van der Waals surface area contributed by atoms with Gasteiger partial charge in [0.25, 0.3) is 0 Å². The molecule has 0 amide bonds. The van der Waals surface area contributed by atoms with E-state index in [1.807, 2.05) is 26.1 Å². The third-order valence-electron chi connectivity index (χ3n) is 2.17. The van der Waals surface area contributed by atoms with Crippen molar-refractivity contribution in [1.29, 1.82) is 0 Å². The Labute approximate surface area is 85.1 Å². The van der Waals surface area contributed by atoms with E-state index in [0.717, 1.165) is 5.56 Å². The first kappa shape index (κ1) is 10.7. The van der Waals surface area contributed by atoms with Crippen LogP contribution in [-0.4, -0.2) is 10.8 Å². The number of nitrogens with zero attached hydrogens (tertiary/aromatic N) is 2. The topological polar surface area (TPSA) is 51.3 Å². The lowest BCUT2D eigenvalue weighted by Crippen LogP contribution is -2.18. The first-order valence-electron chi connectivity index (χ1n) is 4.80. The first-order chi connectivity index (χ1) is 6.61. The Morgan fingerprint density at radius 3 is 2.86 bits per heavy atom. The highest BCUT2D eigenvalue weighted by atomic mass is 14.9. The van der Waals surface area contributed by atoms with E-state index in [0.29, 0.717) is 18.3 Å². The van der Waals surface area contributed by atoms with Crippen molar-refractivity contribution in [2.75, 3.05) is 0 Å². The molecule has 0 fully saturated rings. The van der Waals surface area contributed by atoms with Crippen LogP contribution in [0.4, 0.5) is 0 Å². The molecule has 0 atom stereocenters. The second-order valence-electron chi connectivity index (χ2n) is 3.70. The summed E-state index contributed by atoms with van der Waals surface area (Å²) in [5.41, 5.74) is 8.09. The molecule has 1 rings (SSSR count). The predicted octanol–water partition coefficient (Wildman–Crippen LogP) is 1.90. The molecule has 1 aromatic rings. The Hall–Kier alpha value is -1.38. The van der Waals surface area contributed by atoms with Gasteiger partial charge < -0.3 is 5.73 Å². The van der Waals surface area contributed by atoms with Crippen LogP contribution in [0.25, 0.3) is 0 Å². The largest absolute Gasteiger partial charge is 0.387 e. The number of aryl methyl sites for hydroxylation is 1. The highest BCUT2D eigenvalue weighted by Crippen LogP contribution is 2.06. The molecule has 0 saturated carbocycles. The van der Waals surface area contributed by atoms with Gasteiger partial charge in [-0.2, -0.15) is 0 Å². The van der Waals surface area contributed by atoms with Gasteiger partial charge in [0, 0.05) is 18.3 Å². The molecule has 3 heteroatoms. The predicted molar refractivity (Wildman–Crippen MR) is 59.1 cm³/mol. The lowest BCUT2D eigenvalue weighted by Gasteiger charge is -2.05. The van der Waals surface area contributed by atoms with Crippen LogP contribution < -0.4 is 5.73 Å². The fourth-order valence-corrected chi connectivity index (χ4v) is 1.02. The SMILES string of the molecule is Cc1ccncc1CN=C(N)C(C)C. The van der Waals surface area contributed by atoms with Gasteiger partial charge in [0.15, 0.2) is 0 Å². The van der Waals surface area contributed by atoms with Gasteiger partial charge >= 0.3 is 0 Å². The Bertz CT molecular complexity index is 329. The van der Waals surface area contributed by atoms with E-state index in [2.05, 4.69) is 16.9 Å². The lowest BCUT2D eigenvalue weighted by molar-refractivity contribution is 0.853. The summed E-state index contributed by atoms with van der Waals surface area (Å²) in [7, 11) is 0. The maximum Gasteiger partial charge on any atom is 0.0966 e. The van der Waals surface area contributed by atoms with E-state index in [1.54, 1.807) is 6.20 Å². The minimum Gasteiger partial charge on any atom is -0.387 e. The van der Waals surface area contributed by atoms with E-state index in [1.165, 1.54) is 5.56 Å².